The Morgan fingerprint density at radius 3 is 2.04 bits per heavy atom. The normalized spacial score (nSPS) is 10.4. The highest BCUT2D eigenvalue weighted by Crippen LogP contribution is 2.14. The van der Waals surface area contributed by atoms with Gasteiger partial charge in [-0.3, -0.25) is 9.59 Å². The van der Waals surface area contributed by atoms with Crippen molar-refractivity contribution in [3.05, 3.63) is 29.3 Å². The average molecular weight is 318 g/mol. The van der Waals surface area contributed by atoms with Crippen LogP contribution in [0.1, 0.15) is 57.1 Å². The van der Waals surface area contributed by atoms with Crippen molar-refractivity contribution in [2.24, 2.45) is 0 Å². The molecule has 128 valence electrons. The van der Waals surface area contributed by atoms with Crippen LogP contribution in [-0.4, -0.2) is 29.8 Å². The van der Waals surface area contributed by atoms with Gasteiger partial charge in [0, 0.05) is 31.6 Å². The summed E-state index contributed by atoms with van der Waals surface area (Å²) < 4.78 is 0. The highest BCUT2D eigenvalue weighted by molar-refractivity contribution is 5.91. The molecule has 0 aliphatic rings. The Bertz CT molecular complexity index is 500. The molecule has 0 aliphatic carbocycles. The standard InChI is InChI=1S/C19H30N2O2/c1-5-10-21(11-6-2)19(23)9-7-8-18(22)20-17-13-15(3)12-16(4)14-17/h12-14H,5-11H2,1-4H3,(H,20,22). The summed E-state index contributed by atoms with van der Waals surface area (Å²) in [6, 6.07) is 5.99. The van der Waals surface area contributed by atoms with Gasteiger partial charge in [0.1, 0.15) is 0 Å². The van der Waals surface area contributed by atoms with Crippen molar-refractivity contribution >= 4 is 17.5 Å². The molecule has 0 bridgehead atoms. The zero-order valence-corrected chi connectivity index (χ0v) is 14.9. The predicted molar refractivity (Wildman–Crippen MR) is 95.6 cm³/mol. The Balaban J connectivity index is 2.39. The van der Waals surface area contributed by atoms with Crippen LogP contribution in [0.3, 0.4) is 0 Å². The molecule has 0 aromatic heterocycles. The summed E-state index contributed by atoms with van der Waals surface area (Å²) in [5.74, 6) is 0.133. The van der Waals surface area contributed by atoms with Gasteiger partial charge in [-0.1, -0.05) is 19.9 Å². The topological polar surface area (TPSA) is 49.4 Å². The molecule has 4 nitrogen and oxygen atoms in total. The van der Waals surface area contributed by atoms with Gasteiger partial charge in [-0.15, -0.1) is 0 Å². The smallest absolute Gasteiger partial charge is 0.224 e. The van der Waals surface area contributed by atoms with Crippen LogP contribution in [0.25, 0.3) is 0 Å². The summed E-state index contributed by atoms with van der Waals surface area (Å²) in [5, 5.41) is 2.91. The van der Waals surface area contributed by atoms with Gasteiger partial charge in [0.2, 0.25) is 11.8 Å². The second kappa shape index (κ2) is 10.0. The lowest BCUT2D eigenvalue weighted by Gasteiger charge is -2.21. The molecule has 1 N–H and O–H groups in total. The van der Waals surface area contributed by atoms with Crippen LogP contribution >= 0.6 is 0 Å². The van der Waals surface area contributed by atoms with Gasteiger partial charge >= 0.3 is 0 Å². The summed E-state index contributed by atoms with van der Waals surface area (Å²) >= 11 is 0. The van der Waals surface area contributed by atoms with Crippen molar-refractivity contribution in [3.63, 3.8) is 0 Å². The number of amides is 2. The van der Waals surface area contributed by atoms with E-state index in [1.165, 1.54) is 0 Å². The number of anilines is 1. The number of hydrogen-bond donors (Lipinski definition) is 1. The van der Waals surface area contributed by atoms with Gasteiger partial charge in [-0.05, 0) is 56.4 Å². The minimum absolute atomic E-state index is 0.0275. The predicted octanol–water partition coefficient (Wildman–Crippen LogP) is 4.06. The number of carbonyl (C=O) groups is 2. The molecule has 0 aliphatic heterocycles. The SMILES string of the molecule is CCCN(CCC)C(=O)CCCC(=O)Nc1cc(C)cc(C)c1. The van der Waals surface area contributed by atoms with Gasteiger partial charge in [-0.2, -0.15) is 0 Å². The Hall–Kier alpha value is -1.84. The Labute approximate surface area is 140 Å². The van der Waals surface area contributed by atoms with E-state index in [2.05, 4.69) is 25.2 Å². The highest BCUT2D eigenvalue weighted by Gasteiger charge is 2.12. The maximum atomic E-state index is 12.1. The van der Waals surface area contributed by atoms with Crippen LogP contribution < -0.4 is 5.32 Å². The monoisotopic (exact) mass is 318 g/mol. The van der Waals surface area contributed by atoms with E-state index in [9.17, 15) is 9.59 Å². The van der Waals surface area contributed by atoms with E-state index in [1.54, 1.807) is 0 Å². The summed E-state index contributed by atoms with van der Waals surface area (Å²) in [4.78, 5) is 26.1. The molecule has 0 saturated carbocycles. The number of nitrogens with zero attached hydrogens (tertiary/aromatic N) is 1. The maximum Gasteiger partial charge on any atom is 0.224 e. The first-order valence-corrected chi connectivity index (χ1v) is 8.62. The fraction of sp³-hybridized carbons (Fsp3) is 0.579. The number of carbonyl (C=O) groups excluding carboxylic acids is 2. The van der Waals surface area contributed by atoms with Gasteiger partial charge in [0.15, 0.2) is 0 Å². The summed E-state index contributed by atoms with van der Waals surface area (Å²) in [6.45, 7) is 9.79. The van der Waals surface area contributed by atoms with Crippen LogP contribution in [0.4, 0.5) is 5.69 Å². The van der Waals surface area contributed by atoms with Gasteiger partial charge < -0.3 is 10.2 Å². The van der Waals surface area contributed by atoms with E-state index in [1.807, 2.05) is 30.9 Å². The van der Waals surface area contributed by atoms with Gasteiger partial charge in [0.25, 0.3) is 0 Å². The molecule has 0 spiro atoms. The first-order valence-electron chi connectivity index (χ1n) is 8.62. The zero-order chi connectivity index (χ0) is 17.2. The lowest BCUT2D eigenvalue weighted by atomic mass is 10.1. The quantitative estimate of drug-likeness (QED) is 0.746. The van der Waals surface area contributed by atoms with Crippen LogP contribution in [0.15, 0.2) is 18.2 Å². The van der Waals surface area contributed by atoms with Gasteiger partial charge in [0.05, 0.1) is 0 Å². The number of hydrogen-bond acceptors (Lipinski definition) is 2. The number of rotatable bonds is 9. The second-order valence-electron chi connectivity index (χ2n) is 6.16. The first kappa shape index (κ1) is 19.2. The maximum absolute atomic E-state index is 12.1. The molecular formula is C19H30N2O2. The Morgan fingerprint density at radius 1 is 0.957 bits per heavy atom. The van der Waals surface area contributed by atoms with Crippen LogP contribution in [0.2, 0.25) is 0 Å². The van der Waals surface area contributed by atoms with Crippen molar-refractivity contribution in [2.45, 2.75) is 59.8 Å². The Kier molecular flexibility index (Phi) is 8.38. The molecule has 1 rings (SSSR count). The summed E-state index contributed by atoms with van der Waals surface area (Å²) in [7, 11) is 0. The zero-order valence-electron chi connectivity index (χ0n) is 14.9. The number of benzene rings is 1. The largest absolute Gasteiger partial charge is 0.343 e. The minimum atomic E-state index is -0.0275. The van der Waals surface area contributed by atoms with Gasteiger partial charge in [-0.25, -0.2) is 0 Å². The fourth-order valence-electron chi connectivity index (χ4n) is 2.73. The van der Waals surface area contributed by atoms with Crippen molar-refractivity contribution in [1.82, 2.24) is 4.90 Å². The second-order valence-corrected chi connectivity index (χ2v) is 6.16. The minimum Gasteiger partial charge on any atom is -0.343 e. The first-order chi connectivity index (χ1) is 11.0. The summed E-state index contributed by atoms with van der Waals surface area (Å²) in [6.07, 6.45) is 3.36. The third-order valence-corrected chi connectivity index (χ3v) is 3.64. The molecule has 4 heteroatoms. The average Bonchev–Trinajstić information content (AvgIpc) is 2.45. The van der Waals surface area contributed by atoms with E-state index in [0.717, 1.165) is 42.7 Å². The van der Waals surface area contributed by atoms with Crippen molar-refractivity contribution in [2.75, 3.05) is 18.4 Å². The molecule has 1 aromatic carbocycles. The van der Waals surface area contributed by atoms with Crippen LogP contribution in [-0.2, 0) is 9.59 Å². The van der Waals surface area contributed by atoms with E-state index >= 15 is 0 Å². The van der Waals surface area contributed by atoms with Crippen molar-refractivity contribution < 1.29 is 9.59 Å². The molecule has 23 heavy (non-hydrogen) atoms. The van der Waals surface area contributed by atoms with Crippen LogP contribution in [0.5, 0.6) is 0 Å². The van der Waals surface area contributed by atoms with Crippen molar-refractivity contribution in [1.29, 1.82) is 0 Å². The number of aryl methyl sites for hydroxylation is 2. The molecule has 0 fully saturated rings. The lowest BCUT2D eigenvalue weighted by Crippen LogP contribution is -2.32. The molecule has 0 unspecified atom stereocenters. The summed E-state index contributed by atoms with van der Waals surface area (Å²) in [5.41, 5.74) is 3.09. The van der Waals surface area contributed by atoms with Crippen molar-refractivity contribution in [3.8, 4) is 0 Å². The molecule has 0 atom stereocenters. The van der Waals surface area contributed by atoms with E-state index in [0.29, 0.717) is 19.3 Å². The number of nitrogens with one attached hydrogen (secondary N) is 1. The molecule has 0 saturated heterocycles. The third kappa shape index (κ3) is 7.31. The Morgan fingerprint density at radius 2 is 1.52 bits per heavy atom. The molecular weight excluding hydrogens is 288 g/mol. The fourth-order valence-corrected chi connectivity index (χ4v) is 2.73. The third-order valence-electron chi connectivity index (χ3n) is 3.64. The highest BCUT2D eigenvalue weighted by atomic mass is 16.2. The van der Waals surface area contributed by atoms with E-state index in [-0.39, 0.29) is 11.8 Å². The lowest BCUT2D eigenvalue weighted by molar-refractivity contribution is -0.131. The molecule has 1 aromatic rings. The van der Waals surface area contributed by atoms with Crippen LogP contribution in [0, 0.1) is 13.8 Å². The van der Waals surface area contributed by atoms with E-state index in [4.69, 9.17) is 0 Å². The van der Waals surface area contributed by atoms with E-state index < -0.39 is 0 Å². The molecule has 0 heterocycles. The molecule has 2 amide bonds. The molecule has 0 radical (unpaired) electrons.